The average Bonchev–Trinajstić information content (AvgIpc) is 3.12. The van der Waals surface area contributed by atoms with Gasteiger partial charge in [0, 0.05) is 11.7 Å². The molecule has 7 heteroatoms. The Morgan fingerprint density at radius 3 is 2.78 bits per heavy atom. The first kappa shape index (κ1) is 16.2. The highest BCUT2D eigenvalue weighted by atomic mass is 32.2. The summed E-state index contributed by atoms with van der Waals surface area (Å²) in [5.41, 5.74) is 5.39. The van der Waals surface area contributed by atoms with Crippen molar-refractivity contribution in [3.8, 4) is 0 Å². The zero-order chi connectivity index (χ0) is 16.2. The summed E-state index contributed by atoms with van der Waals surface area (Å²) >= 11 is 3.28. The fourth-order valence-corrected chi connectivity index (χ4v) is 3.79. The monoisotopic (exact) mass is 346 g/mol. The predicted molar refractivity (Wildman–Crippen MR) is 95.3 cm³/mol. The molecule has 23 heavy (non-hydrogen) atoms. The normalized spacial score (nSPS) is 13.4. The Morgan fingerprint density at radius 2 is 2.04 bits per heavy atom. The molecule has 0 unspecified atom stereocenters. The van der Waals surface area contributed by atoms with Gasteiger partial charge in [-0.2, -0.15) is 4.52 Å². The van der Waals surface area contributed by atoms with Crippen LogP contribution in [-0.4, -0.2) is 25.6 Å². The Labute approximate surface area is 143 Å². The summed E-state index contributed by atoms with van der Waals surface area (Å²) in [5, 5.41) is 13.1. The van der Waals surface area contributed by atoms with Gasteiger partial charge in [0.05, 0.1) is 0 Å². The smallest absolute Gasteiger partial charge is 0.235 e. The number of quaternary nitrogens is 1. The lowest BCUT2D eigenvalue weighted by Gasteiger charge is -2.08. The molecule has 0 aliphatic carbocycles. The Morgan fingerprint density at radius 1 is 1.26 bits per heavy atom. The van der Waals surface area contributed by atoms with Crippen molar-refractivity contribution in [2.75, 3.05) is 5.75 Å². The summed E-state index contributed by atoms with van der Waals surface area (Å²) in [4.78, 5) is 0.837. The van der Waals surface area contributed by atoms with Gasteiger partial charge in [-0.1, -0.05) is 79.4 Å². The highest BCUT2D eigenvalue weighted by Gasteiger charge is 2.23. The Balaban J connectivity index is 1.66. The number of benzene rings is 1. The summed E-state index contributed by atoms with van der Waals surface area (Å²) < 4.78 is 2.84. The van der Waals surface area contributed by atoms with Crippen LogP contribution in [0.2, 0.25) is 0 Å². The largest absolute Gasteiger partial charge is 0.348 e. The van der Waals surface area contributed by atoms with Gasteiger partial charge in [-0.25, -0.2) is 0 Å². The zero-order valence-electron chi connectivity index (χ0n) is 13.2. The predicted octanol–water partition coefficient (Wildman–Crippen LogP) is 2.93. The van der Waals surface area contributed by atoms with E-state index in [2.05, 4.69) is 59.2 Å². The van der Waals surface area contributed by atoms with Crippen LogP contribution in [0.25, 0.3) is 11.0 Å². The summed E-state index contributed by atoms with van der Waals surface area (Å²) in [5.74, 6) is 2.14. The van der Waals surface area contributed by atoms with Crippen molar-refractivity contribution in [1.82, 2.24) is 19.8 Å². The van der Waals surface area contributed by atoms with Crippen LogP contribution in [0.5, 0.6) is 0 Å². The molecule has 0 radical (unpaired) electrons. The molecule has 2 heterocycles. The Hall–Kier alpha value is -1.70. The molecule has 0 amide bonds. The van der Waals surface area contributed by atoms with Gasteiger partial charge in [0.15, 0.2) is 4.34 Å². The minimum Gasteiger partial charge on any atom is -0.348 e. The molecular weight excluding hydrogens is 326 g/mol. The Bertz CT molecular complexity index is 791. The summed E-state index contributed by atoms with van der Waals surface area (Å²) in [6.45, 7) is 4.27. The number of hydrogen-bond acceptors (Lipinski definition) is 5. The maximum absolute atomic E-state index is 4.62. The van der Waals surface area contributed by atoms with Gasteiger partial charge >= 0.3 is 0 Å². The van der Waals surface area contributed by atoms with E-state index in [1.165, 1.54) is 5.56 Å². The summed E-state index contributed by atoms with van der Waals surface area (Å²) in [7, 11) is 0. The van der Waals surface area contributed by atoms with E-state index in [-0.39, 0.29) is 6.04 Å². The van der Waals surface area contributed by atoms with Crippen LogP contribution >= 0.6 is 23.1 Å². The highest BCUT2D eigenvalue weighted by molar-refractivity contribution is 8.01. The van der Waals surface area contributed by atoms with E-state index in [1.807, 2.05) is 22.7 Å². The maximum atomic E-state index is 4.62. The van der Waals surface area contributed by atoms with Crippen molar-refractivity contribution in [2.45, 2.75) is 24.2 Å². The van der Waals surface area contributed by atoms with E-state index in [4.69, 9.17) is 0 Å². The van der Waals surface area contributed by atoms with Gasteiger partial charge in [-0.3, -0.25) is 0 Å². The SMILES string of the molecule is CC(C)[C@H]([NH3+])c1nnc2sc(SC/C=C/c3ccccc3)nn12. The van der Waals surface area contributed by atoms with E-state index >= 15 is 0 Å². The van der Waals surface area contributed by atoms with E-state index in [0.717, 1.165) is 20.9 Å². The molecular formula is C16H20N5S2+. The molecule has 2 aromatic heterocycles. The molecule has 0 saturated heterocycles. The first-order chi connectivity index (χ1) is 11.1. The van der Waals surface area contributed by atoms with Crippen molar-refractivity contribution < 1.29 is 5.73 Å². The number of rotatable bonds is 6. The van der Waals surface area contributed by atoms with Crippen molar-refractivity contribution in [1.29, 1.82) is 0 Å². The summed E-state index contributed by atoms with van der Waals surface area (Å²) in [6.07, 6.45) is 4.28. The molecule has 0 saturated carbocycles. The first-order valence-corrected chi connectivity index (χ1v) is 9.35. The molecule has 0 fully saturated rings. The van der Waals surface area contributed by atoms with Gasteiger partial charge < -0.3 is 5.73 Å². The quantitative estimate of drug-likeness (QED) is 0.697. The Kier molecular flexibility index (Phi) is 5.09. The van der Waals surface area contributed by atoms with Crippen molar-refractivity contribution in [2.24, 2.45) is 5.92 Å². The van der Waals surface area contributed by atoms with Gasteiger partial charge in [0.2, 0.25) is 10.8 Å². The molecule has 1 atom stereocenters. The molecule has 0 bridgehead atoms. The van der Waals surface area contributed by atoms with Gasteiger partial charge in [0.25, 0.3) is 0 Å². The third-order valence-electron chi connectivity index (χ3n) is 3.55. The minimum absolute atomic E-state index is 0.0999. The van der Waals surface area contributed by atoms with E-state index in [1.54, 1.807) is 23.1 Å². The second-order valence-electron chi connectivity index (χ2n) is 5.60. The van der Waals surface area contributed by atoms with Crippen molar-refractivity contribution in [3.05, 3.63) is 47.8 Å². The lowest BCUT2D eigenvalue weighted by molar-refractivity contribution is -0.440. The fraction of sp³-hybridized carbons (Fsp3) is 0.312. The van der Waals surface area contributed by atoms with Crippen LogP contribution in [0, 0.1) is 5.92 Å². The lowest BCUT2D eigenvalue weighted by Crippen LogP contribution is -2.56. The van der Waals surface area contributed by atoms with E-state index < -0.39 is 0 Å². The first-order valence-electron chi connectivity index (χ1n) is 7.54. The van der Waals surface area contributed by atoms with E-state index in [0.29, 0.717) is 5.92 Å². The molecule has 3 rings (SSSR count). The van der Waals surface area contributed by atoms with E-state index in [9.17, 15) is 0 Å². The van der Waals surface area contributed by atoms with Crippen LogP contribution in [0.15, 0.2) is 40.7 Å². The number of nitrogens with zero attached hydrogens (tertiary/aromatic N) is 4. The molecule has 0 aliphatic rings. The van der Waals surface area contributed by atoms with Crippen molar-refractivity contribution >= 4 is 34.1 Å². The molecule has 0 aliphatic heterocycles. The lowest BCUT2D eigenvalue weighted by atomic mass is 10.1. The number of aromatic nitrogens is 4. The van der Waals surface area contributed by atoms with Crippen LogP contribution in [-0.2, 0) is 0 Å². The fourth-order valence-electron chi connectivity index (χ4n) is 2.07. The van der Waals surface area contributed by atoms with Gasteiger partial charge in [-0.15, -0.1) is 15.3 Å². The molecule has 0 spiro atoms. The minimum atomic E-state index is 0.0999. The third kappa shape index (κ3) is 3.80. The van der Waals surface area contributed by atoms with Gasteiger partial charge in [-0.05, 0) is 5.56 Å². The molecule has 1 aromatic carbocycles. The molecule has 3 aromatic rings. The third-order valence-corrected chi connectivity index (χ3v) is 5.53. The molecule has 5 nitrogen and oxygen atoms in total. The maximum Gasteiger partial charge on any atom is 0.235 e. The van der Waals surface area contributed by atoms with Crippen LogP contribution in [0.3, 0.4) is 0 Å². The zero-order valence-corrected chi connectivity index (χ0v) is 14.8. The van der Waals surface area contributed by atoms with Gasteiger partial charge in [0.1, 0.15) is 6.04 Å². The summed E-state index contributed by atoms with van der Waals surface area (Å²) in [6, 6.07) is 10.4. The highest BCUT2D eigenvalue weighted by Crippen LogP contribution is 2.26. The molecule has 120 valence electrons. The number of fused-ring (bicyclic) bond motifs is 1. The second-order valence-corrected chi connectivity index (χ2v) is 7.82. The van der Waals surface area contributed by atoms with Crippen LogP contribution in [0.4, 0.5) is 0 Å². The van der Waals surface area contributed by atoms with Crippen LogP contribution < -0.4 is 5.73 Å². The topological polar surface area (TPSA) is 70.7 Å². The van der Waals surface area contributed by atoms with Crippen molar-refractivity contribution in [3.63, 3.8) is 0 Å². The molecule has 3 N–H and O–H groups in total. The standard InChI is InChI=1S/C16H19N5S2/c1-11(2)13(17)14-18-19-15-21(14)20-16(23-15)22-10-6-9-12-7-4-3-5-8-12/h3-9,11,13H,10,17H2,1-2H3/p+1/b9-6+/t13-/m0/s1. The number of hydrogen-bond donors (Lipinski definition) is 1. The average molecular weight is 347 g/mol. The van der Waals surface area contributed by atoms with Crippen LogP contribution in [0.1, 0.15) is 31.3 Å². The second kappa shape index (κ2) is 7.25. The number of thioether (sulfide) groups is 1.